The van der Waals surface area contributed by atoms with Crippen molar-refractivity contribution in [2.45, 2.75) is 0 Å². The number of nitrogens with zero attached hydrogens (tertiary/aromatic N) is 1. The van der Waals surface area contributed by atoms with Crippen LogP contribution in [0.2, 0.25) is 0 Å². The Kier molecular flexibility index (Phi) is 3.30. The summed E-state index contributed by atoms with van der Waals surface area (Å²) >= 11 is 0. The van der Waals surface area contributed by atoms with Crippen molar-refractivity contribution in [3.05, 3.63) is 24.5 Å². The van der Waals surface area contributed by atoms with Crippen LogP contribution >= 0.6 is 0 Å². The van der Waals surface area contributed by atoms with Crippen LogP contribution in [0, 0.1) is 0 Å². The maximum Gasteiger partial charge on any atom is 0.415 e. The Morgan fingerprint density at radius 1 is 1.33 bits per heavy atom. The molecule has 0 aromatic carbocycles. The molecule has 0 unspecified atom stereocenters. The summed E-state index contributed by atoms with van der Waals surface area (Å²) in [4.78, 5) is 10.0. The van der Waals surface area contributed by atoms with Crippen LogP contribution in [-0.4, -0.2) is 15.8 Å². The quantitative estimate of drug-likeness (QED) is 0.661. The maximum absolute atomic E-state index is 10.0. The molecule has 0 bridgehead atoms. The zero-order chi connectivity index (χ0) is 5.98. The molecule has 1 N–H and O–H groups in total. The van der Waals surface area contributed by atoms with Crippen molar-refractivity contribution < 1.29 is 32.3 Å². The molecule has 0 aliphatic carbocycles. The molecule has 4 heteroatoms. The first-order valence-corrected chi connectivity index (χ1v) is 2.17. The zero-order valence-electron chi connectivity index (χ0n) is 4.41. The van der Waals surface area contributed by atoms with E-state index in [4.69, 9.17) is 5.11 Å². The van der Waals surface area contributed by atoms with Gasteiger partial charge >= 0.3 is 6.09 Å². The molecule has 53 valence electrons. The Balaban J connectivity index is 0.000000640. The molecule has 0 aliphatic rings. The number of rotatable bonds is 0. The van der Waals surface area contributed by atoms with Crippen LogP contribution in [0.25, 0.3) is 0 Å². The van der Waals surface area contributed by atoms with Crippen molar-refractivity contribution >= 4 is 6.09 Å². The smallest absolute Gasteiger partial charge is 0.415 e. The number of carbonyl (C=O) groups is 1. The fraction of sp³-hybridized carbons (Fsp3) is 0. The molecule has 0 aliphatic heterocycles. The number of hydrogen-bond donors (Lipinski definition) is 1. The Morgan fingerprint density at radius 3 is 2.00 bits per heavy atom. The first-order valence-electron chi connectivity index (χ1n) is 2.17. The van der Waals surface area contributed by atoms with E-state index in [1.165, 1.54) is 12.4 Å². The molecular weight excluding hydrogens is 214 g/mol. The second kappa shape index (κ2) is 3.50. The van der Waals surface area contributed by atoms with E-state index in [-0.39, 0.29) is 22.4 Å². The van der Waals surface area contributed by atoms with Crippen LogP contribution in [0.5, 0.6) is 0 Å². The molecular formula is C5H5AgNO2. The molecule has 0 saturated heterocycles. The Bertz CT molecular complexity index is 183. The monoisotopic (exact) mass is 218 g/mol. The average molecular weight is 219 g/mol. The maximum atomic E-state index is 10.0. The standard InChI is InChI=1S/C5H5NO2.Ag/c7-5(8)6-3-1-2-4-6;/h1-4H,(H,7,8);. The van der Waals surface area contributed by atoms with Crippen LogP contribution in [0.4, 0.5) is 4.79 Å². The second-order valence-corrected chi connectivity index (χ2v) is 1.37. The molecule has 1 heterocycles. The van der Waals surface area contributed by atoms with Crippen LogP contribution in [0.3, 0.4) is 0 Å². The van der Waals surface area contributed by atoms with E-state index < -0.39 is 6.09 Å². The fourth-order valence-corrected chi connectivity index (χ4v) is 0.462. The Labute approximate surface area is 67.8 Å². The molecule has 1 radical (unpaired) electrons. The van der Waals surface area contributed by atoms with E-state index in [0.29, 0.717) is 0 Å². The topological polar surface area (TPSA) is 42.2 Å². The molecule has 0 fully saturated rings. The average Bonchev–Trinajstić information content (AvgIpc) is 2.12. The van der Waals surface area contributed by atoms with Gasteiger partial charge in [-0.15, -0.1) is 0 Å². The fourth-order valence-electron chi connectivity index (χ4n) is 0.462. The van der Waals surface area contributed by atoms with E-state index >= 15 is 0 Å². The molecule has 0 spiro atoms. The summed E-state index contributed by atoms with van der Waals surface area (Å²) in [7, 11) is 0. The van der Waals surface area contributed by atoms with Gasteiger partial charge in [0.15, 0.2) is 0 Å². The normalized spacial score (nSPS) is 8.00. The first kappa shape index (κ1) is 8.49. The minimum absolute atomic E-state index is 0. The van der Waals surface area contributed by atoms with Crippen molar-refractivity contribution in [2.75, 3.05) is 0 Å². The van der Waals surface area contributed by atoms with Gasteiger partial charge in [-0.25, -0.2) is 4.79 Å². The van der Waals surface area contributed by atoms with Crippen molar-refractivity contribution in [2.24, 2.45) is 0 Å². The van der Waals surface area contributed by atoms with Gasteiger partial charge in [-0.2, -0.15) is 0 Å². The van der Waals surface area contributed by atoms with Crippen LogP contribution < -0.4 is 0 Å². The summed E-state index contributed by atoms with van der Waals surface area (Å²) < 4.78 is 1.08. The largest absolute Gasteiger partial charge is 0.464 e. The van der Waals surface area contributed by atoms with Gasteiger partial charge in [-0.1, -0.05) is 0 Å². The summed E-state index contributed by atoms with van der Waals surface area (Å²) in [6, 6.07) is 3.32. The molecule has 3 nitrogen and oxygen atoms in total. The Morgan fingerprint density at radius 2 is 1.78 bits per heavy atom. The van der Waals surface area contributed by atoms with Crippen LogP contribution in [-0.2, 0) is 22.4 Å². The predicted octanol–water partition coefficient (Wildman–Crippen LogP) is 1.01. The van der Waals surface area contributed by atoms with E-state index in [0.717, 1.165) is 4.57 Å². The third kappa shape index (κ3) is 2.05. The van der Waals surface area contributed by atoms with E-state index in [9.17, 15) is 4.79 Å². The molecule has 1 aromatic rings. The van der Waals surface area contributed by atoms with Crippen molar-refractivity contribution in [3.63, 3.8) is 0 Å². The second-order valence-electron chi connectivity index (χ2n) is 1.37. The van der Waals surface area contributed by atoms with Gasteiger partial charge in [0, 0.05) is 34.8 Å². The van der Waals surface area contributed by atoms with Gasteiger partial charge in [0.05, 0.1) is 0 Å². The van der Waals surface area contributed by atoms with Crippen LogP contribution in [0.15, 0.2) is 24.5 Å². The van der Waals surface area contributed by atoms with Crippen molar-refractivity contribution in [3.8, 4) is 0 Å². The number of carboxylic acid groups (broad SMARTS) is 1. The third-order valence-corrected chi connectivity index (χ3v) is 0.825. The minimum Gasteiger partial charge on any atom is -0.464 e. The van der Waals surface area contributed by atoms with E-state index in [1.807, 2.05) is 0 Å². The van der Waals surface area contributed by atoms with Crippen LogP contribution in [0.1, 0.15) is 0 Å². The molecule has 0 atom stereocenters. The van der Waals surface area contributed by atoms with Gasteiger partial charge < -0.3 is 5.11 Å². The number of aromatic nitrogens is 1. The van der Waals surface area contributed by atoms with Gasteiger partial charge in [-0.3, -0.25) is 4.57 Å². The summed E-state index contributed by atoms with van der Waals surface area (Å²) in [5.74, 6) is 0. The molecule has 1 aromatic heterocycles. The molecule has 9 heavy (non-hydrogen) atoms. The third-order valence-electron chi connectivity index (χ3n) is 0.825. The summed E-state index contributed by atoms with van der Waals surface area (Å²) in [5, 5.41) is 8.24. The zero-order valence-corrected chi connectivity index (χ0v) is 5.90. The molecule has 1 rings (SSSR count). The predicted molar refractivity (Wildman–Crippen MR) is 27.9 cm³/mol. The summed E-state index contributed by atoms with van der Waals surface area (Å²) in [5.41, 5.74) is 0. The number of hydrogen-bond acceptors (Lipinski definition) is 1. The Hall–Kier alpha value is -0.510. The van der Waals surface area contributed by atoms with E-state index in [1.54, 1.807) is 12.1 Å². The van der Waals surface area contributed by atoms with Crippen molar-refractivity contribution in [1.29, 1.82) is 0 Å². The minimum atomic E-state index is -0.949. The van der Waals surface area contributed by atoms with E-state index in [2.05, 4.69) is 0 Å². The van der Waals surface area contributed by atoms with Gasteiger partial charge in [0.25, 0.3) is 0 Å². The van der Waals surface area contributed by atoms with Gasteiger partial charge in [0.1, 0.15) is 0 Å². The summed E-state index contributed by atoms with van der Waals surface area (Å²) in [6.07, 6.45) is 2.00. The molecule has 0 amide bonds. The van der Waals surface area contributed by atoms with Crippen molar-refractivity contribution in [1.82, 2.24) is 4.57 Å². The van der Waals surface area contributed by atoms with Gasteiger partial charge in [-0.05, 0) is 12.1 Å². The first-order chi connectivity index (χ1) is 3.80. The summed E-state index contributed by atoms with van der Waals surface area (Å²) in [6.45, 7) is 0. The molecule has 0 saturated carbocycles. The van der Waals surface area contributed by atoms with Gasteiger partial charge in [0.2, 0.25) is 0 Å². The SMILES string of the molecule is O=C(O)n1cccc1.[Ag].